The predicted octanol–water partition coefficient (Wildman–Crippen LogP) is 4.70. The number of hydrazine groups is 1. The molecule has 0 saturated carbocycles. The van der Waals surface area contributed by atoms with Crippen molar-refractivity contribution in [1.82, 2.24) is 5.01 Å². The molecule has 11 heteroatoms. The van der Waals surface area contributed by atoms with E-state index in [0.29, 0.717) is 16.1 Å². The third-order valence-corrected chi connectivity index (χ3v) is 4.21. The summed E-state index contributed by atoms with van der Waals surface area (Å²) in [5.41, 5.74) is -1.81. The monoisotopic (exact) mass is 428 g/mol. The second-order valence-corrected chi connectivity index (χ2v) is 6.36. The number of alkyl halides is 3. The van der Waals surface area contributed by atoms with Crippen molar-refractivity contribution in [3.63, 3.8) is 0 Å². The van der Waals surface area contributed by atoms with Gasteiger partial charge in [0.15, 0.2) is 0 Å². The number of rotatable bonds is 4. The van der Waals surface area contributed by atoms with Crippen molar-refractivity contribution in [2.24, 2.45) is 0 Å². The van der Waals surface area contributed by atoms with Crippen molar-refractivity contribution < 1.29 is 37.4 Å². The SMILES string of the molecule is O=C1CCC(=O)N1N(C(=O)O)c1ccc(Oc2ccc(Cl)cc2)c(C(F)(F)F)c1. The molecule has 3 amide bonds. The van der Waals surface area contributed by atoms with Crippen LogP contribution in [0.2, 0.25) is 5.02 Å². The second-order valence-electron chi connectivity index (χ2n) is 5.93. The number of ether oxygens (including phenoxy) is 1. The third-order valence-electron chi connectivity index (χ3n) is 3.96. The maximum Gasteiger partial charge on any atom is 0.431 e. The molecule has 0 bridgehead atoms. The number of nitrogens with zero attached hydrogens (tertiary/aromatic N) is 2. The smallest absolute Gasteiger partial charge is 0.431 e. The fourth-order valence-electron chi connectivity index (χ4n) is 2.69. The molecule has 1 heterocycles. The van der Waals surface area contributed by atoms with Crippen LogP contribution in [-0.2, 0) is 15.8 Å². The van der Waals surface area contributed by atoms with E-state index in [1.807, 2.05) is 0 Å². The fourth-order valence-corrected chi connectivity index (χ4v) is 2.82. The van der Waals surface area contributed by atoms with Gasteiger partial charge in [-0.15, -0.1) is 0 Å². The van der Waals surface area contributed by atoms with Crippen molar-refractivity contribution in [2.75, 3.05) is 5.01 Å². The number of hydrogen-bond acceptors (Lipinski definition) is 4. The first-order valence-corrected chi connectivity index (χ1v) is 8.49. The Morgan fingerprint density at radius 1 is 1.07 bits per heavy atom. The van der Waals surface area contributed by atoms with Crippen LogP contribution in [0.5, 0.6) is 11.5 Å². The van der Waals surface area contributed by atoms with Gasteiger partial charge in [-0.1, -0.05) is 11.6 Å². The zero-order valence-electron chi connectivity index (χ0n) is 14.4. The van der Waals surface area contributed by atoms with Crippen LogP contribution in [0.4, 0.5) is 23.7 Å². The van der Waals surface area contributed by atoms with Gasteiger partial charge in [-0.05, 0) is 42.5 Å². The molecule has 1 aliphatic rings. The Morgan fingerprint density at radius 3 is 2.17 bits per heavy atom. The van der Waals surface area contributed by atoms with Crippen molar-refractivity contribution in [3.8, 4) is 11.5 Å². The summed E-state index contributed by atoms with van der Waals surface area (Å²) in [7, 11) is 0. The van der Waals surface area contributed by atoms with Crippen LogP contribution in [0.15, 0.2) is 42.5 Å². The zero-order chi connectivity index (χ0) is 21.3. The molecule has 0 spiro atoms. The lowest BCUT2D eigenvalue weighted by molar-refractivity contribution is -0.139. The molecule has 0 aliphatic carbocycles. The topological polar surface area (TPSA) is 87.2 Å². The average Bonchev–Trinajstić information content (AvgIpc) is 2.96. The van der Waals surface area contributed by atoms with Gasteiger partial charge in [-0.3, -0.25) is 9.59 Å². The number of amides is 3. The molecule has 0 atom stereocenters. The van der Waals surface area contributed by atoms with Crippen LogP contribution in [0.25, 0.3) is 0 Å². The Bertz CT molecular complexity index is 962. The van der Waals surface area contributed by atoms with Crippen molar-refractivity contribution in [2.45, 2.75) is 19.0 Å². The van der Waals surface area contributed by atoms with Gasteiger partial charge in [-0.25, -0.2) is 4.79 Å². The Hall–Kier alpha value is -3.27. The first-order valence-electron chi connectivity index (χ1n) is 8.11. The number of carbonyl (C=O) groups is 3. The van der Waals surface area contributed by atoms with Gasteiger partial charge in [-0.2, -0.15) is 23.2 Å². The van der Waals surface area contributed by atoms with E-state index in [4.69, 9.17) is 16.3 Å². The van der Waals surface area contributed by atoms with E-state index < -0.39 is 41.1 Å². The number of hydrogen-bond donors (Lipinski definition) is 1. The molecule has 7 nitrogen and oxygen atoms in total. The number of anilines is 1. The maximum absolute atomic E-state index is 13.6. The number of carboxylic acid groups (broad SMARTS) is 1. The summed E-state index contributed by atoms with van der Waals surface area (Å²) >= 11 is 5.73. The molecule has 3 rings (SSSR count). The molecule has 0 unspecified atom stereocenters. The molecule has 1 fully saturated rings. The largest absolute Gasteiger partial charge is 0.463 e. The Morgan fingerprint density at radius 2 is 1.66 bits per heavy atom. The zero-order valence-corrected chi connectivity index (χ0v) is 15.2. The molecule has 152 valence electrons. The standard InChI is InChI=1S/C18H12ClF3N2O5/c19-10-1-4-12(5-2-10)29-14-6-3-11(9-13(14)18(20,21)22)23(17(27)28)24-15(25)7-8-16(24)26/h1-6,9H,7-8H2,(H,27,28). The van der Waals surface area contributed by atoms with Gasteiger partial charge < -0.3 is 9.84 Å². The van der Waals surface area contributed by atoms with Crippen LogP contribution >= 0.6 is 11.6 Å². The third kappa shape index (κ3) is 4.27. The van der Waals surface area contributed by atoms with Gasteiger partial charge in [0.1, 0.15) is 17.1 Å². The summed E-state index contributed by atoms with van der Waals surface area (Å²) in [6.45, 7) is 0. The molecular weight excluding hydrogens is 417 g/mol. The lowest BCUT2D eigenvalue weighted by atomic mass is 10.1. The number of imide groups is 1. The Kier molecular flexibility index (Phi) is 5.38. The second kappa shape index (κ2) is 7.63. The maximum atomic E-state index is 13.6. The lowest BCUT2D eigenvalue weighted by Crippen LogP contribution is -2.49. The summed E-state index contributed by atoms with van der Waals surface area (Å²) in [5.74, 6) is -2.17. The van der Waals surface area contributed by atoms with E-state index in [1.54, 1.807) is 0 Å². The van der Waals surface area contributed by atoms with E-state index in [2.05, 4.69) is 0 Å². The highest BCUT2D eigenvalue weighted by Gasteiger charge is 2.40. The molecule has 1 N–H and O–H groups in total. The summed E-state index contributed by atoms with van der Waals surface area (Å²) in [5, 5.41) is 10.3. The first kappa shape index (κ1) is 20.5. The molecule has 29 heavy (non-hydrogen) atoms. The minimum Gasteiger partial charge on any atom is -0.463 e. The van der Waals surface area contributed by atoms with Crippen molar-refractivity contribution >= 4 is 35.2 Å². The summed E-state index contributed by atoms with van der Waals surface area (Å²) < 4.78 is 46.0. The van der Waals surface area contributed by atoms with Crippen molar-refractivity contribution in [3.05, 3.63) is 53.1 Å². The minimum atomic E-state index is -4.90. The van der Waals surface area contributed by atoms with E-state index >= 15 is 0 Å². The molecule has 0 radical (unpaired) electrons. The predicted molar refractivity (Wildman–Crippen MR) is 94.6 cm³/mol. The van der Waals surface area contributed by atoms with Crippen LogP contribution in [0.1, 0.15) is 18.4 Å². The van der Waals surface area contributed by atoms with E-state index in [0.717, 1.165) is 12.1 Å². The van der Waals surface area contributed by atoms with Crippen molar-refractivity contribution in [1.29, 1.82) is 0 Å². The molecule has 2 aromatic carbocycles. The van der Waals surface area contributed by atoms with Crippen LogP contribution < -0.4 is 9.75 Å². The van der Waals surface area contributed by atoms with E-state index in [-0.39, 0.29) is 23.6 Å². The van der Waals surface area contributed by atoms with Crippen LogP contribution in [0.3, 0.4) is 0 Å². The summed E-state index contributed by atoms with van der Waals surface area (Å²) in [6.07, 6.45) is -7.15. The minimum absolute atomic E-state index is 0.0765. The van der Waals surface area contributed by atoms with Crippen LogP contribution in [0, 0.1) is 0 Å². The fraction of sp³-hybridized carbons (Fsp3) is 0.167. The van der Waals surface area contributed by atoms with E-state index in [9.17, 15) is 32.7 Å². The summed E-state index contributed by atoms with van der Waals surface area (Å²) in [6, 6.07) is 7.99. The average molecular weight is 429 g/mol. The summed E-state index contributed by atoms with van der Waals surface area (Å²) in [4.78, 5) is 35.3. The quantitative estimate of drug-likeness (QED) is 0.713. The number of carbonyl (C=O) groups excluding carboxylic acids is 2. The first-order chi connectivity index (χ1) is 13.6. The molecule has 0 aromatic heterocycles. The lowest BCUT2D eigenvalue weighted by Gasteiger charge is -2.28. The number of halogens is 4. The Labute approximate surface area is 166 Å². The van der Waals surface area contributed by atoms with Gasteiger partial charge >= 0.3 is 12.3 Å². The molecule has 1 aliphatic heterocycles. The highest BCUT2D eigenvalue weighted by molar-refractivity contribution is 6.30. The van der Waals surface area contributed by atoms with Gasteiger partial charge in [0.25, 0.3) is 0 Å². The van der Waals surface area contributed by atoms with Gasteiger partial charge in [0, 0.05) is 17.9 Å². The van der Waals surface area contributed by atoms with Gasteiger partial charge in [0.2, 0.25) is 11.8 Å². The van der Waals surface area contributed by atoms with Gasteiger partial charge in [0.05, 0.1) is 5.69 Å². The molecule has 2 aromatic rings. The van der Waals surface area contributed by atoms with Crippen LogP contribution in [-0.4, -0.2) is 28.0 Å². The highest BCUT2D eigenvalue weighted by Crippen LogP contribution is 2.41. The highest BCUT2D eigenvalue weighted by atomic mass is 35.5. The molecule has 1 saturated heterocycles. The number of benzene rings is 2. The Balaban J connectivity index is 2.04. The normalized spacial score (nSPS) is 14.3. The molecular formula is C18H12ClF3N2O5. The van der Waals surface area contributed by atoms with E-state index in [1.165, 1.54) is 24.3 Å².